The zero-order chi connectivity index (χ0) is 24.1. The number of aliphatic imine (C=N–C) groups is 1. The van der Waals surface area contributed by atoms with Crippen molar-refractivity contribution in [1.29, 1.82) is 0 Å². The van der Waals surface area contributed by atoms with Gasteiger partial charge in [-0.25, -0.2) is 4.98 Å². The molecule has 0 radical (unpaired) electrons. The summed E-state index contributed by atoms with van der Waals surface area (Å²) in [5.74, 6) is -0.103. The summed E-state index contributed by atoms with van der Waals surface area (Å²) in [6.07, 6.45) is 1.63. The molecule has 1 heterocycles. The van der Waals surface area contributed by atoms with Gasteiger partial charge in [0, 0.05) is 36.2 Å². The van der Waals surface area contributed by atoms with E-state index in [1.54, 1.807) is 18.3 Å². The van der Waals surface area contributed by atoms with Crippen molar-refractivity contribution in [2.75, 3.05) is 11.1 Å². The Hall–Kier alpha value is -4.16. The summed E-state index contributed by atoms with van der Waals surface area (Å²) < 4.78 is 1.64. The largest absolute Gasteiger partial charge is 0.325 e. The highest BCUT2D eigenvalue weighted by Crippen LogP contribution is 2.32. The molecule has 0 fully saturated rings. The Morgan fingerprint density at radius 3 is 2.29 bits per heavy atom. The standard InChI is InChI=1S/C22H15N5O5S2/c28-21(24-15-3-8-18(9-4-15)27(31)32)13-33-22-25-19-10-5-16(11-20(19)34-22)23-12-14-1-6-17(7-2-14)26(29)30/h1-12H,13H2,(H,24,28). The van der Waals surface area contributed by atoms with Gasteiger partial charge in [-0.3, -0.25) is 30.0 Å². The van der Waals surface area contributed by atoms with Crippen molar-refractivity contribution < 1.29 is 14.6 Å². The van der Waals surface area contributed by atoms with Gasteiger partial charge in [0.1, 0.15) is 0 Å². The molecule has 4 aromatic rings. The fourth-order valence-electron chi connectivity index (χ4n) is 2.86. The van der Waals surface area contributed by atoms with E-state index >= 15 is 0 Å². The molecule has 0 saturated heterocycles. The number of carbonyl (C=O) groups is 1. The van der Waals surface area contributed by atoms with Crippen molar-refractivity contribution in [3.8, 4) is 0 Å². The molecule has 0 atom stereocenters. The highest BCUT2D eigenvalue weighted by Gasteiger charge is 2.10. The van der Waals surface area contributed by atoms with Crippen LogP contribution in [0.2, 0.25) is 0 Å². The molecule has 34 heavy (non-hydrogen) atoms. The van der Waals surface area contributed by atoms with Gasteiger partial charge in [-0.15, -0.1) is 11.3 Å². The van der Waals surface area contributed by atoms with Gasteiger partial charge in [-0.1, -0.05) is 11.8 Å². The van der Waals surface area contributed by atoms with Crippen LogP contribution in [0.25, 0.3) is 10.2 Å². The molecule has 0 aliphatic rings. The molecule has 1 amide bonds. The van der Waals surface area contributed by atoms with Crippen molar-refractivity contribution in [1.82, 2.24) is 4.98 Å². The third kappa shape index (κ3) is 5.79. The fraction of sp³-hybridized carbons (Fsp3) is 0.0455. The van der Waals surface area contributed by atoms with Crippen LogP contribution in [0.4, 0.5) is 22.7 Å². The van der Waals surface area contributed by atoms with Crippen molar-refractivity contribution in [3.63, 3.8) is 0 Å². The lowest BCUT2D eigenvalue weighted by atomic mass is 10.2. The Kier molecular flexibility index (Phi) is 6.90. The van der Waals surface area contributed by atoms with E-state index in [4.69, 9.17) is 0 Å². The minimum atomic E-state index is -0.499. The molecule has 4 rings (SSSR count). The number of benzene rings is 3. The average Bonchev–Trinajstić information content (AvgIpc) is 3.24. The molecule has 0 spiro atoms. The SMILES string of the molecule is O=C(CSc1nc2ccc(N=Cc3ccc([N+](=O)[O-])cc3)cc2s1)Nc1ccc([N+](=O)[O-])cc1. The first-order valence-electron chi connectivity index (χ1n) is 9.73. The zero-order valence-electron chi connectivity index (χ0n) is 17.3. The molecule has 0 bridgehead atoms. The van der Waals surface area contributed by atoms with Crippen molar-refractivity contribution >= 4 is 68.2 Å². The molecule has 0 saturated carbocycles. The third-order valence-electron chi connectivity index (χ3n) is 4.51. The van der Waals surface area contributed by atoms with E-state index in [9.17, 15) is 25.0 Å². The topological polar surface area (TPSA) is 141 Å². The maximum atomic E-state index is 12.2. The maximum absolute atomic E-state index is 12.2. The first kappa shape index (κ1) is 23.0. The van der Waals surface area contributed by atoms with Gasteiger partial charge in [0.2, 0.25) is 5.91 Å². The Bertz CT molecular complexity index is 1400. The number of nitro benzene ring substituents is 2. The molecular formula is C22H15N5O5S2. The molecular weight excluding hydrogens is 478 g/mol. The van der Waals surface area contributed by atoms with Gasteiger partial charge in [0.25, 0.3) is 11.4 Å². The molecule has 12 heteroatoms. The number of fused-ring (bicyclic) bond motifs is 1. The molecule has 3 aromatic carbocycles. The minimum Gasteiger partial charge on any atom is -0.325 e. The second-order valence-corrected chi connectivity index (χ2v) is 9.13. The predicted molar refractivity (Wildman–Crippen MR) is 132 cm³/mol. The second kappa shape index (κ2) is 10.2. The highest BCUT2D eigenvalue weighted by molar-refractivity contribution is 8.01. The van der Waals surface area contributed by atoms with E-state index < -0.39 is 9.85 Å². The van der Waals surface area contributed by atoms with E-state index in [0.29, 0.717) is 11.4 Å². The fourth-order valence-corrected chi connectivity index (χ4v) is 4.76. The van der Waals surface area contributed by atoms with Crippen LogP contribution in [0.15, 0.2) is 76.1 Å². The van der Waals surface area contributed by atoms with Crippen molar-refractivity contribution in [2.45, 2.75) is 4.34 Å². The van der Waals surface area contributed by atoms with E-state index in [-0.39, 0.29) is 23.0 Å². The number of nitrogens with one attached hydrogen (secondary N) is 1. The number of anilines is 1. The second-order valence-electron chi connectivity index (χ2n) is 6.88. The van der Waals surface area contributed by atoms with Gasteiger partial charge in [0.15, 0.2) is 4.34 Å². The average molecular weight is 494 g/mol. The quantitative estimate of drug-likeness (QED) is 0.146. The number of thiazole rings is 1. The van der Waals surface area contributed by atoms with Gasteiger partial charge in [0.05, 0.1) is 31.5 Å². The summed E-state index contributed by atoms with van der Waals surface area (Å²) in [6, 6.07) is 17.3. The maximum Gasteiger partial charge on any atom is 0.269 e. The number of thioether (sulfide) groups is 1. The zero-order valence-corrected chi connectivity index (χ0v) is 18.9. The Morgan fingerprint density at radius 1 is 1.00 bits per heavy atom. The normalized spacial score (nSPS) is 11.1. The Balaban J connectivity index is 1.36. The van der Waals surface area contributed by atoms with Crippen LogP contribution in [0.3, 0.4) is 0 Å². The Morgan fingerprint density at radius 2 is 1.65 bits per heavy atom. The number of nitro groups is 2. The Labute approximate surface area is 200 Å². The molecule has 0 aliphatic carbocycles. The van der Waals surface area contributed by atoms with Gasteiger partial charge >= 0.3 is 0 Å². The number of rotatable bonds is 8. The number of hydrogen-bond donors (Lipinski definition) is 1. The number of aromatic nitrogens is 1. The highest BCUT2D eigenvalue weighted by atomic mass is 32.2. The lowest BCUT2D eigenvalue weighted by Gasteiger charge is -2.03. The van der Waals surface area contributed by atoms with E-state index in [1.807, 2.05) is 18.2 Å². The van der Waals surface area contributed by atoms with Crippen LogP contribution in [0, 0.1) is 20.2 Å². The van der Waals surface area contributed by atoms with Gasteiger partial charge < -0.3 is 5.32 Å². The number of carbonyl (C=O) groups excluding carboxylic acids is 1. The monoisotopic (exact) mass is 493 g/mol. The predicted octanol–water partition coefficient (Wildman–Crippen LogP) is 5.59. The molecule has 1 N–H and O–H groups in total. The summed E-state index contributed by atoms with van der Waals surface area (Å²) in [5.41, 5.74) is 2.70. The van der Waals surface area contributed by atoms with Crippen LogP contribution in [-0.4, -0.2) is 32.7 Å². The van der Waals surface area contributed by atoms with Crippen LogP contribution in [0.5, 0.6) is 0 Å². The van der Waals surface area contributed by atoms with Crippen LogP contribution in [0.1, 0.15) is 5.56 Å². The van der Waals surface area contributed by atoms with Crippen LogP contribution in [-0.2, 0) is 4.79 Å². The molecule has 0 unspecified atom stereocenters. The van der Waals surface area contributed by atoms with Crippen molar-refractivity contribution in [2.24, 2.45) is 4.99 Å². The summed E-state index contributed by atoms with van der Waals surface area (Å²) in [4.78, 5) is 41.6. The summed E-state index contributed by atoms with van der Waals surface area (Å²) in [7, 11) is 0. The number of amides is 1. The van der Waals surface area contributed by atoms with Crippen LogP contribution < -0.4 is 5.32 Å². The van der Waals surface area contributed by atoms with E-state index in [1.165, 1.54) is 59.5 Å². The molecule has 10 nitrogen and oxygen atoms in total. The minimum absolute atomic E-state index is 0.0229. The summed E-state index contributed by atoms with van der Waals surface area (Å²) in [5, 5.41) is 24.1. The van der Waals surface area contributed by atoms with Gasteiger partial charge in [-0.05, 0) is 48.0 Å². The molecule has 0 aliphatic heterocycles. The lowest BCUT2D eigenvalue weighted by Crippen LogP contribution is -2.13. The molecule has 1 aromatic heterocycles. The summed E-state index contributed by atoms with van der Waals surface area (Å²) in [6.45, 7) is 0. The van der Waals surface area contributed by atoms with Gasteiger partial charge in [-0.2, -0.15) is 0 Å². The molecule has 170 valence electrons. The van der Waals surface area contributed by atoms with Crippen LogP contribution >= 0.6 is 23.1 Å². The number of hydrogen-bond acceptors (Lipinski definition) is 9. The summed E-state index contributed by atoms with van der Waals surface area (Å²) >= 11 is 2.73. The third-order valence-corrected chi connectivity index (χ3v) is 6.67. The smallest absolute Gasteiger partial charge is 0.269 e. The van der Waals surface area contributed by atoms with E-state index in [0.717, 1.165) is 20.1 Å². The first-order valence-corrected chi connectivity index (χ1v) is 11.5. The number of nitrogens with zero attached hydrogens (tertiary/aromatic N) is 4. The van der Waals surface area contributed by atoms with Crippen molar-refractivity contribution in [3.05, 3.63) is 92.5 Å². The number of non-ortho nitro benzene ring substituents is 2. The lowest BCUT2D eigenvalue weighted by molar-refractivity contribution is -0.385. The van der Waals surface area contributed by atoms with E-state index in [2.05, 4.69) is 15.3 Å². The first-order chi connectivity index (χ1) is 16.4.